The Morgan fingerprint density at radius 1 is 1.04 bits per heavy atom. The molecular formula is C15H27N3O4S2. The Morgan fingerprint density at radius 3 is 1.88 bits per heavy atom. The van der Waals surface area contributed by atoms with Crippen molar-refractivity contribution in [1.82, 2.24) is 4.72 Å². The number of benzene rings is 1. The molecule has 0 saturated heterocycles. The normalized spacial score (nSPS) is 12.8. The average Bonchev–Trinajstić information content (AvgIpc) is 2.38. The van der Waals surface area contributed by atoms with E-state index in [0.717, 1.165) is 6.26 Å². The Hall–Kier alpha value is -1.32. The second-order valence-electron chi connectivity index (χ2n) is 6.19. The molecule has 9 heteroatoms. The quantitative estimate of drug-likeness (QED) is 0.698. The van der Waals surface area contributed by atoms with Crippen LogP contribution in [0.25, 0.3) is 0 Å². The van der Waals surface area contributed by atoms with Gasteiger partial charge in [-0.05, 0) is 39.8 Å². The molecule has 7 nitrogen and oxygen atoms in total. The van der Waals surface area contributed by atoms with E-state index in [2.05, 4.69) is 4.72 Å². The molecule has 0 heterocycles. The fourth-order valence-electron chi connectivity index (χ4n) is 2.76. The van der Waals surface area contributed by atoms with Gasteiger partial charge < -0.3 is 10.6 Å². The van der Waals surface area contributed by atoms with Crippen LogP contribution in [-0.2, 0) is 19.9 Å². The summed E-state index contributed by atoms with van der Waals surface area (Å²) >= 11 is 0. The summed E-state index contributed by atoms with van der Waals surface area (Å²) in [5.74, 6) is 0. The molecule has 0 spiro atoms. The van der Waals surface area contributed by atoms with Crippen LogP contribution in [0.15, 0.2) is 21.9 Å². The molecule has 0 aliphatic carbocycles. The summed E-state index contributed by atoms with van der Waals surface area (Å²) in [6, 6.07) is 2.41. The number of hydrogen-bond donors (Lipinski definition) is 2. The highest BCUT2D eigenvalue weighted by Crippen LogP contribution is 2.38. The number of nitrogens with one attached hydrogen (secondary N) is 1. The number of nitrogens with zero attached hydrogens (tertiary/aromatic N) is 1. The van der Waals surface area contributed by atoms with E-state index in [0.29, 0.717) is 0 Å². The number of hydrogen-bond acceptors (Lipinski definition) is 6. The van der Waals surface area contributed by atoms with Crippen molar-refractivity contribution in [3.05, 3.63) is 12.1 Å². The lowest BCUT2D eigenvalue weighted by Crippen LogP contribution is -2.39. The van der Waals surface area contributed by atoms with Gasteiger partial charge in [0.2, 0.25) is 10.0 Å². The molecule has 0 unspecified atom stereocenters. The molecule has 1 aromatic rings. The summed E-state index contributed by atoms with van der Waals surface area (Å²) in [6.45, 7) is 9.49. The van der Waals surface area contributed by atoms with Crippen LogP contribution in [0.1, 0.15) is 34.6 Å². The summed E-state index contributed by atoms with van der Waals surface area (Å²) in [5, 5.41) is 0. The molecule has 0 saturated carbocycles. The van der Waals surface area contributed by atoms with Gasteiger partial charge in [-0.25, -0.2) is 21.6 Å². The van der Waals surface area contributed by atoms with Crippen LogP contribution in [0.4, 0.5) is 11.4 Å². The lowest BCUT2D eigenvalue weighted by Gasteiger charge is -2.35. The molecule has 0 atom stereocenters. The van der Waals surface area contributed by atoms with Crippen LogP contribution in [0.5, 0.6) is 0 Å². The minimum absolute atomic E-state index is 0.0170. The van der Waals surface area contributed by atoms with Crippen molar-refractivity contribution in [1.29, 1.82) is 0 Å². The Labute approximate surface area is 145 Å². The Bertz CT molecular complexity index is 792. The first-order valence-corrected chi connectivity index (χ1v) is 11.1. The zero-order valence-electron chi connectivity index (χ0n) is 15.0. The first-order chi connectivity index (χ1) is 10.8. The minimum Gasteiger partial charge on any atom is -0.396 e. The lowest BCUT2D eigenvalue weighted by atomic mass is 10.1. The number of sulfone groups is 1. The van der Waals surface area contributed by atoms with E-state index in [1.54, 1.807) is 6.92 Å². The molecule has 0 aliphatic rings. The van der Waals surface area contributed by atoms with E-state index in [9.17, 15) is 16.8 Å². The van der Waals surface area contributed by atoms with Crippen LogP contribution in [0, 0.1) is 0 Å². The first-order valence-electron chi connectivity index (χ1n) is 7.75. The van der Waals surface area contributed by atoms with Gasteiger partial charge in [-0.3, -0.25) is 0 Å². The molecule has 0 fully saturated rings. The van der Waals surface area contributed by atoms with Gasteiger partial charge >= 0.3 is 0 Å². The summed E-state index contributed by atoms with van der Waals surface area (Å²) in [5.41, 5.74) is 6.31. The Balaban J connectivity index is 3.90. The smallest absolute Gasteiger partial charge is 0.242 e. The highest BCUT2D eigenvalue weighted by atomic mass is 32.2. The number of rotatable bonds is 7. The Kier molecular flexibility index (Phi) is 6.29. The van der Waals surface area contributed by atoms with Gasteiger partial charge in [0.25, 0.3) is 0 Å². The summed E-state index contributed by atoms with van der Waals surface area (Å²) < 4.78 is 51.6. The van der Waals surface area contributed by atoms with E-state index in [-0.39, 0.29) is 39.8 Å². The minimum atomic E-state index is -3.80. The third-order valence-corrected chi connectivity index (χ3v) is 6.27. The number of sulfonamides is 1. The van der Waals surface area contributed by atoms with Crippen molar-refractivity contribution < 1.29 is 16.8 Å². The van der Waals surface area contributed by atoms with Crippen molar-refractivity contribution in [3.8, 4) is 0 Å². The highest BCUT2D eigenvalue weighted by Gasteiger charge is 2.29. The molecule has 1 aromatic carbocycles. The SMILES string of the molecule is CCNS(=O)(=O)c1ccc(S(C)(=O)=O)c(N)c1N(C(C)C)C(C)C. The fraction of sp³-hybridized carbons (Fsp3) is 0.600. The molecule has 3 N–H and O–H groups in total. The second-order valence-corrected chi connectivity index (χ2v) is 9.91. The van der Waals surface area contributed by atoms with Crippen LogP contribution in [0.2, 0.25) is 0 Å². The first kappa shape index (κ1) is 20.7. The number of nitrogens with two attached hydrogens (primary N) is 1. The van der Waals surface area contributed by atoms with Crippen molar-refractivity contribution >= 4 is 31.2 Å². The van der Waals surface area contributed by atoms with Gasteiger partial charge in [-0.1, -0.05) is 6.92 Å². The van der Waals surface area contributed by atoms with E-state index in [1.165, 1.54) is 12.1 Å². The second kappa shape index (κ2) is 7.28. The maximum atomic E-state index is 12.6. The van der Waals surface area contributed by atoms with Crippen molar-refractivity contribution in [2.75, 3.05) is 23.4 Å². The van der Waals surface area contributed by atoms with Gasteiger partial charge in [0, 0.05) is 24.9 Å². The number of nitrogen functional groups attached to an aromatic ring is 1. The molecule has 0 amide bonds. The summed E-state index contributed by atoms with van der Waals surface area (Å²) in [7, 11) is -7.39. The van der Waals surface area contributed by atoms with Crippen LogP contribution < -0.4 is 15.4 Å². The lowest BCUT2D eigenvalue weighted by molar-refractivity contribution is 0.576. The third-order valence-electron chi connectivity index (χ3n) is 3.53. The topological polar surface area (TPSA) is 110 Å². The summed E-state index contributed by atoms with van der Waals surface area (Å²) in [4.78, 5) is 1.73. The zero-order chi connectivity index (χ0) is 18.9. The molecule has 0 aromatic heterocycles. The monoisotopic (exact) mass is 377 g/mol. The highest BCUT2D eigenvalue weighted by molar-refractivity contribution is 7.91. The van der Waals surface area contributed by atoms with Gasteiger partial charge in [0.15, 0.2) is 9.84 Å². The van der Waals surface area contributed by atoms with E-state index >= 15 is 0 Å². The molecule has 0 aliphatic heterocycles. The molecule has 138 valence electrons. The van der Waals surface area contributed by atoms with Crippen molar-refractivity contribution in [3.63, 3.8) is 0 Å². The molecule has 24 heavy (non-hydrogen) atoms. The van der Waals surface area contributed by atoms with E-state index < -0.39 is 19.9 Å². The van der Waals surface area contributed by atoms with Gasteiger partial charge in [-0.2, -0.15) is 0 Å². The van der Waals surface area contributed by atoms with Gasteiger partial charge in [-0.15, -0.1) is 0 Å². The predicted molar refractivity (Wildman–Crippen MR) is 97.6 cm³/mol. The van der Waals surface area contributed by atoms with Crippen LogP contribution in [0.3, 0.4) is 0 Å². The maximum Gasteiger partial charge on any atom is 0.242 e. The van der Waals surface area contributed by atoms with Crippen molar-refractivity contribution in [2.45, 2.75) is 56.5 Å². The largest absolute Gasteiger partial charge is 0.396 e. The molecular weight excluding hydrogens is 350 g/mol. The third kappa shape index (κ3) is 4.20. The molecule has 0 bridgehead atoms. The molecule has 1 rings (SSSR count). The Morgan fingerprint density at radius 2 is 1.50 bits per heavy atom. The predicted octanol–water partition coefficient (Wildman–Crippen LogP) is 1.59. The summed E-state index contributed by atoms with van der Waals surface area (Å²) in [6.07, 6.45) is 1.05. The zero-order valence-corrected chi connectivity index (χ0v) is 16.6. The fourth-order valence-corrected chi connectivity index (χ4v) is 4.82. The van der Waals surface area contributed by atoms with Crippen LogP contribution in [-0.4, -0.2) is 41.7 Å². The van der Waals surface area contributed by atoms with Crippen LogP contribution >= 0.6 is 0 Å². The average molecular weight is 378 g/mol. The van der Waals surface area contributed by atoms with Gasteiger partial charge in [0.05, 0.1) is 16.3 Å². The van der Waals surface area contributed by atoms with Crippen molar-refractivity contribution in [2.24, 2.45) is 0 Å². The van der Waals surface area contributed by atoms with Gasteiger partial charge in [0.1, 0.15) is 4.90 Å². The number of anilines is 2. The molecule has 0 radical (unpaired) electrons. The maximum absolute atomic E-state index is 12.6. The van der Waals surface area contributed by atoms with E-state index in [4.69, 9.17) is 5.73 Å². The standard InChI is InChI=1S/C15H27N3O4S2/c1-7-17-24(21,22)13-9-8-12(23(6,19)20)14(16)15(13)18(10(2)3)11(4)5/h8-11,17H,7,16H2,1-6H3. The van der Waals surface area contributed by atoms with E-state index in [1.807, 2.05) is 32.6 Å².